The zero-order valence-electron chi connectivity index (χ0n) is 26.4. The number of hydrogen-bond donors (Lipinski definition) is 1. The summed E-state index contributed by atoms with van der Waals surface area (Å²) < 4.78 is 0. The summed E-state index contributed by atoms with van der Waals surface area (Å²) in [7, 11) is 0. The Morgan fingerprint density at radius 1 is 0.773 bits per heavy atom. The van der Waals surface area contributed by atoms with Crippen molar-refractivity contribution in [3.05, 3.63) is 71.8 Å². The third kappa shape index (κ3) is 7.27. The molecule has 0 aromatic heterocycles. The highest BCUT2D eigenvalue weighted by Gasteiger charge is 2.56. The zero-order chi connectivity index (χ0) is 31.4. The van der Waals surface area contributed by atoms with Crippen molar-refractivity contribution in [3.63, 3.8) is 0 Å². The molecule has 4 fully saturated rings. The van der Waals surface area contributed by atoms with Gasteiger partial charge >= 0.3 is 0 Å². The van der Waals surface area contributed by atoms with E-state index < -0.39 is 29.4 Å². The van der Waals surface area contributed by atoms with Crippen LogP contribution in [0.5, 0.6) is 0 Å². The van der Waals surface area contributed by atoms with Crippen LogP contribution in [-0.4, -0.2) is 35.1 Å². The molecule has 6 heteroatoms. The number of Topliss-reactive ketones (excluding diaryl/α,β-unsaturated/α-hetero) is 4. The number of nitrogens with one attached hydrogen (secondary N) is 1. The number of hydrogen-bond acceptors (Lipinski definition) is 5. The quantitative estimate of drug-likeness (QED) is 0.184. The third-order valence-corrected chi connectivity index (χ3v) is 10.8. The van der Waals surface area contributed by atoms with E-state index in [1.54, 1.807) is 19.1 Å². The standard InChI is InChI=1S/C38H47NO5/c1-24(2)31(36(43)33(40)15-14-26-10-6-4-7-11-26)19-34(41)25(3)39-37(44)32(20-35(42)30-12-8-5-9-13-30)38-21-27-16-28(22-38)18-29(17-27)23-38/h4-13,24-25,27-29,31-32H,14-23H2,1-3H3,(H,39,44)/t25-,27?,28?,29?,31-,32+,38?/m0/s1. The summed E-state index contributed by atoms with van der Waals surface area (Å²) in [6.07, 6.45) is 7.20. The molecule has 2 aromatic carbocycles. The predicted octanol–water partition coefficient (Wildman–Crippen LogP) is 6.60. The average Bonchev–Trinajstić information content (AvgIpc) is 3.00. The number of benzene rings is 2. The normalized spacial score (nSPS) is 25.7. The molecule has 0 saturated heterocycles. The largest absolute Gasteiger partial charge is 0.346 e. The van der Waals surface area contributed by atoms with Crippen molar-refractivity contribution in [1.29, 1.82) is 0 Å². The fourth-order valence-electron chi connectivity index (χ4n) is 8.77. The van der Waals surface area contributed by atoms with Gasteiger partial charge in [-0.05, 0) is 86.5 Å². The fraction of sp³-hybridized carbons (Fsp3) is 0.553. The summed E-state index contributed by atoms with van der Waals surface area (Å²) in [5.41, 5.74) is 1.38. The fourth-order valence-corrected chi connectivity index (χ4v) is 8.77. The molecule has 1 amide bonds. The van der Waals surface area contributed by atoms with Crippen LogP contribution in [0.1, 0.15) is 94.5 Å². The molecule has 6 rings (SSSR count). The maximum absolute atomic E-state index is 14.1. The number of carbonyl (C=O) groups is 5. The van der Waals surface area contributed by atoms with E-state index in [9.17, 15) is 24.0 Å². The molecule has 0 spiro atoms. The summed E-state index contributed by atoms with van der Waals surface area (Å²) in [5.74, 6) is -1.11. The Morgan fingerprint density at radius 3 is 1.86 bits per heavy atom. The maximum Gasteiger partial charge on any atom is 0.224 e. The number of aryl methyl sites for hydroxylation is 1. The lowest BCUT2D eigenvalue weighted by molar-refractivity contribution is -0.144. The maximum atomic E-state index is 14.1. The van der Waals surface area contributed by atoms with Gasteiger partial charge in [0.2, 0.25) is 11.7 Å². The second kappa shape index (κ2) is 13.7. The molecule has 0 unspecified atom stereocenters. The first-order valence-electron chi connectivity index (χ1n) is 16.6. The van der Waals surface area contributed by atoms with E-state index in [1.807, 2.05) is 62.4 Å². The molecule has 6 nitrogen and oxygen atoms in total. The molecular weight excluding hydrogens is 550 g/mol. The molecule has 4 aliphatic rings. The van der Waals surface area contributed by atoms with Crippen LogP contribution in [0.15, 0.2) is 60.7 Å². The molecule has 4 bridgehead atoms. The van der Waals surface area contributed by atoms with Gasteiger partial charge in [0.05, 0.1) is 12.0 Å². The Balaban J connectivity index is 1.26. The first-order chi connectivity index (χ1) is 21.0. The highest BCUT2D eigenvalue weighted by atomic mass is 16.2. The van der Waals surface area contributed by atoms with Gasteiger partial charge in [0, 0.05) is 30.7 Å². The van der Waals surface area contributed by atoms with Crippen LogP contribution in [0.25, 0.3) is 0 Å². The van der Waals surface area contributed by atoms with Gasteiger partial charge in [-0.15, -0.1) is 0 Å². The Morgan fingerprint density at radius 2 is 1.32 bits per heavy atom. The van der Waals surface area contributed by atoms with Crippen LogP contribution < -0.4 is 5.32 Å². The van der Waals surface area contributed by atoms with Gasteiger partial charge in [0.15, 0.2) is 17.3 Å². The molecule has 4 saturated carbocycles. The van der Waals surface area contributed by atoms with Gasteiger partial charge in [-0.25, -0.2) is 0 Å². The molecule has 2 aromatic rings. The van der Waals surface area contributed by atoms with Gasteiger partial charge in [-0.2, -0.15) is 0 Å². The van der Waals surface area contributed by atoms with Crippen molar-refractivity contribution in [2.24, 2.45) is 40.9 Å². The molecular formula is C38H47NO5. The Labute approximate surface area is 261 Å². The van der Waals surface area contributed by atoms with E-state index in [4.69, 9.17) is 0 Å². The Bertz CT molecular complexity index is 1330. The predicted molar refractivity (Wildman–Crippen MR) is 170 cm³/mol. The summed E-state index contributed by atoms with van der Waals surface area (Å²) in [5, 5.41) is 2.98. The third-order valence-electron chi connectivity index (χ3n) is 10.8. The summed E-state index contributed by atoms with van der Waals surface area (Å²) >= 11 is 0. The molecule has 0 aliphatic heterocycles. The SMILES string of the molecule is CC(C)[C@H](CC(=O)[C@H](C)NC(=O)[C@@H](CC(=O)c1ccccc1)C12CC3CC(CC(C3)C1)C2)C(=O)C(=O)CCc1ccccc1. The Hall–Kier alpha value is -3.41. The van der Waals surface area contributed by atoms with Crippen LogP contribution >= 0.6 is 0 Å². The minimum Gasteiger partial charge on any atom is -0.346 e. The highest BCUT2D eigenvalue weighted by molar-refractivity contribution is 6.38. The minimum absolute atomic E-state index is 0.0417. The van der Waals surface area contributed by atoms with Crippen molar-refractivity contribution in [1.82, 2.24) is 5.32 Å². The lowest BCUT2D eigenvalue weighted by atomic mass is 9.46. The van der Waals surface area contributed by atoms with Crippen molar-refractivity contribution in [3.8, 4) is 0 Å². The lowest BCUT2D eigenvalue weighted by Crippen LogP contribution is -2.55. The number of carbonyl (C=O) groups excluding carboxylic acids is 5. The monoisotopic (exact) mass is 597 g/mol. The summed E-state index contributed by atoms with van der Waals surface area (Å²) in [6, 6.07) is 17.9. The number of rotatable bonds is 15. The molecule has 1 N–H and O–H groups in total. The molecule has 44 heavy (non-hydrogen) atoms. The van der Waals surface area contributed by atoms with Gasteiger partial charge in [-0.3, -0.25) is 24.0 Å². The van der Waals surface area contributed by atoms with Crippen LogP contribution in [0, 0.1) is 40.9 Å². The molecule has 3 atom stereocenters. The first-order valence-corrected chi connectivity index (χ1v) is 16.6. The first kappa shape index (κ1) is 32.0. The van der Waals surface area contributed by atoms with Crippen LogP contribution in [0.3, 0.4) is 0 Å². The topological polar surface area (TPSA) is 97.4 Å². The van der Waals surface area contributed by atoms with E-state index in [1.165, 1.54) is 19.3 Å². The number of ketones is 4. The highest BCUT2D eigenvalue weighted by Crippen LogP contribution is 2.63. The summed E-state index contributed by atoms with van der Waals surface area (Å²) in [6.45, 7) is 5.36. The van der Waals surface area contributed by atoms with Crippen LogP contribution in [0.2, 0.25) is 0 Å². The molecule has 0 heterocycles. The minimum atomic E-state index is -0.820. The molecule has 0 radical (unpaired) electrons. The zero-order valence-corrected chi connectivity index (χ0v) is 26.4. The van der Waals surface area contributed by atoms with E-state index in [-0.39, 0.29) is 48.1 Å². The van der Waals surface area contributed by atoms with E-state index >= 15 is 0 Å². The van der Waals surface area contributed by atoms with Crippen LogP contribution in [-0.2, 0) is 25.6 Å². The molecule has 234 valence electrons. The van der Waals surface area contributed by atoms with Crippen molar-refractivity contribution >= 4 is 29.0 Å². The van der Waals surface area contributed by atoms with Crippen molar-refractivity contribution in [2.45, 2.75) is 91.0 Å². The van der Waals surface area contributed by atoms with E-state index in [2.05, 4.69) is 5.32 Å². The smallest absolute Gasteiger partial charge is 0.224 e. The van der Waals surface area contributed by atoms with Crippen LogP contribution in [0.4, 0.5) is 0 Å². The van der Waals surface area contributed by atoms with Gasteiger partial charge < -0.3 is 5.32 Å². The van der Waals surface area contributed by atoms with Gasteiger partial charge in [0.25, 0.3) is 0 Å². The lowest BCUT2D eigenvalue weighted by Gasteiger charge is -2.59. The van der Waals surface area contributed by atoms with Crippen molar-refractivity contribution in [2.75, 3.05) is 0 Å². The summed E-state index contributed by atoms with van der Waals surface area (Å²) in [4.78, 5) is 67.0. The van der Waals surface area contributed by atoms with Gasteiger partial charge in [-0.1, -0.05) is 74.5 Å². The molecule has 4 aliphatic carbocycles. The second-order valence-electron chi connectivity index (χ2n) is 14.4. The second-order valence-corrected chi connectivity index (χ2v) is 14.4. The van der Waals surface area contributed by atoms with Crippen molar-refractivity contribution < 1.29 is 24.0 Å². The number of amides is 1. The van der Waals surface area contributed by atoms with E-state index in [0.29, 0.717) is 29.7 Å². The van der Waals surface area contributed by atoms with Gasteiger partial charge in [0.1, 0.15) is 0 Å². The average molecular weight is 598 g/mol. The Kier molecular flexibility index (Phi) is 9.97. The van der Waals surface area contributed by atoms with E-state index in [0.717, 1.165) is 24.8 Å².